The summed E-state index contributed by atoms with van der Waals surface area (Å²) in [6.45, 7) is 6.30. The third kappa shape index (κ3) is 1.85. The van der Waals surface area contributed by atoms with E-state index in [4.69, 9.17) is 0 Å². The van der Waals surface area contributed by atoms with Gasteiger partial charge in [-0.1, -0.05) is 43.2 Å². The first-order valence-electron chi connectivity index (χ1n) is 4.75. The Morgan fingerprint density at radius 3 is 2.00 bits per heavy atom. The van der Waals surface area contributed by atoms with Crippen LogP contribution in [0.1, 0.15) is 16.7 Å². The molecule has 0 aliphatic rings. The van der Waals surface area contributed by atoms with Gasteiger partial charge in [0.15, 0.2) is 0 Å². The summed E-state index contributed by atoms with van der Waals surface area (Å²) < 4.78 is 2.27. The molecule has 84 valence electrons. The van der Waals surface area contributed by atoms with E-state index in [1.54, 1.807) is 16.8 Å². The number of hydrogen-bond donors (Lipinski definition) is 0. The Bertz CT molecular complexity index is 506. The molecule has 0 saturated carbocycles. The first kappa shape index (κ1) is 12.2. The molecule has 2 rings (SSSR count). The first-order valence-corrected chi connectivity index (χ1v) is 7.22. The lowest BCUT2D eigenvalue weighted by atomic mass is 10.0. The monoisotopic (exact) mass is 360 g/mol. The Hall–Kier alpha value is -0.260. The Morgan fingerprint density at radius 2 is 1.56 bits per heavy atom. The molecule has 1 aromatic heterocycles. The molecule has 0 atom stereocenters. The number of halogens is 2. The number of aromatic nitrogens is 2. The quantitative estimate of drug-likeness (QED) is 0.738. The number of nitrogens with zero attached hydrogens (tertiary/aromatic N) is 2. The molecule has 1 heterocycles. The van der Waals surface area contributed by atoms with Crippen molar-refractivity contribution in [1.29, 1.82) is 0 Å². The lowest BCUT2D eigenvalue weighted by molar-refractivity contribution is 1.09. The SMILES string of the molecule is Cc1c(Br)c(C)c(-c2nncs2)c(C)c1Br. The van der Waals surface area contributed by atoms with Crippen LogP contribution in [-0.4, -0.2) is 10.2 Å². The molecule has 0 fully saturated rings. The molecule has 2 aromatic rings. The second kappa shape index (κ2) is 4.55. The molecule has 1 aromatic carbocycles. The fourth-order valence-corrected chi connectivity index (χ4v) is 3.53. The molecular formula is C11H10Br2N2S. The molecule has 0 saturated heterocycles. The minimum atomic E-state index is 0.969. The highest BCUT2D eigenvalue weighted by Crippen LogP contribution is 2.39. The summed E-state index contributed by atoms with van der Waals surface area (Å²) in [5, 5.41) is 9.02. The van der Waals surface area contributed by atoms with Crippen molar-refractivity contribution in [3.05, 3.63) is 31.1 Å². The molecule has 0 aliphatic carbocycles. The molecule has 0 radical (unpaired) electrons. The van der Waals surface area contributed by atoms with Gasteiger partial charge in [-0.15, -0.1) is 10.2 Å². The van der Waals surface area contributed by atoms with E-state index in [1.807, 2.05) is 0 Å². The van der Waals surface area contributed by atoms with Crippen molar-refractivity contribution in [1.82, 2.24) is 10.2 Å². The van der Waals surface area contributed by atoms with Crippen LogP contribution in [0.2, 0.25) is 0 Å². The number of benzene rings is 1. The second-order valence-corrected chi connectivity index (χ2v) is 6.04. The Labute approximate surface area is 115 Å². The largest absolute Gasteiger partial charge is 0.148 e. The van der Waals surface area contributed by atoms with Gasteiger partial charge in [0.05, 0.1) is 0 Å². The van der Waals surface area contributed by atoms with Gasteiger partial charge in [0, 0.05) is 14.5 Å². The van der Waals surface area contributed by atoms with Crippen LogP contribution in [0.4, 0.5) is 0 Å². The van der Waals surface area contributed by atoms with Gasteiger partial charge in [-0.25, -0.2) is 0 Å². The van der Waals surface area contributed by atoms with Crippen LogP contribution in [0, 0.1) is 20.8 Å². The molecule has 0 bridgehead atoms. The highest BCUT2D eigenvalue weighted by atomic mass is 79.9. The zero-order chi connectivity index (χ0) is 11.9. The van der Waals surface area contributed by atoms with Crippen LogP contribution in [0.25, 0.3) is 10.6 Å². The topological polar surface area (TPSA) is 25.8 Å². The molecule has 0 amide bonds. The highest BCUT2D eigenvalue weighted by Gasteiger charge is 2.17. The third-order valence-corrected chi connectivity index (χ3v) is 5.73. The number of rotatable bonds is 1. The lowest BCUT2D eigenvalue weighted by Gasteiger charge is -2.14. The normalized spacial score (nSPS) is 10.8. The Morgan fingerprint density at radius 1 is 1.00 bits per heavy atom. The van der Waals surface area contributed by atoms with E-state index in [9.17, 15) is 0 Å². The Balaban J connectivity index is 2.81. The van der Waals surface area contributed by atoms with Gasteiger partial charge >= 0.3 is 0 Å². The molecular weight excluding hydrogens is 352 g/mol. The zero-order valence-electron chi connectivity index (χ0n) is 9.14. The van der Waals surface area contributed by atoms with Gasteiger partial charge in [0.1, 0.15) is 10.5 Å². The molecule has 2 nitrogen and oxygen atoms in total. The summed E-state index contributed by atoms with van der Waals surface area (Å²) in [6.07, 6.45) is 0. The maximum absolute atomic E-state index is 4.15. The number of hydrogen-bond acceptors (Lipinski definition) is 3. The van der Waals surface area contributed by atoms with Gasteiger partial charge in [0.2, 0.25) is 0 Å². The molecule has 0 unspecified atom stereocenters. The van der Waals surface area contributed by atoms with E-state index < -0.39 is 0 Å². The van der Waals surface area contributed by atoms with E-state index in [1.165, 1.54) is 22.3 Å². The fourth-order valence-electron chi connectivity index (χ4n) is 1.76. The third-order valence-electron chi connectivity index (χ3n) is 2.64. The zero-order valence-corrected chi connectivity index (χ0v) is 13.1. The van der Waals surface area contributed by atoms with E-state index in [0.29, 0.717) is 0 Å². The Kier molecular flexibility index (Phi) is 3.47. The van der Waals surface area contributed by atoms with Gasteiger partial charge in [-0.3, -0.25) is 0 Å². The minimum Gasteiger partial charge on any atom is -0.147 e. The second-order valence-electron chi connectivity index (χ2n) is 3.62. The fraction of sp³-hybridized carbons (Fsp3) is 0.273. The predicted octanol–water partition coefficient (Wildman–Crippen LogP) is 4.66. The van der Waals surface area contributed by atoms with Gasteiger partial charge < -0.3 is 0 Å². The predicted molar refractivity (Wildman–Crippen MR) is 75.0 cm³/mol. The lowest BCUT2D eigenvalue weighted by Crippen LogP contribution is -1.94. The summed E-state index contributed by atoms with van der Waals surface area (Å²) in [4.78, 5) is 0. The average molecular weight is 362 g/mol. The van der Waals surface area contributed by atoms with Gasteiger partial charge in [0.25, 0.3) is 0 Å². The van der Waals surface area contributed by atoms with Crippen LogP contribution in [0.5, 0.6) is 0 Å². The minimum absolute atomic E-state index is 0.969. The molecule has 5 heteroatoms. The molecule has 0 aliphatic heterocycles. The maximum atomic E-state index is 4.15. The van der Waals surface area contributed by atoms with E-state index in [0.717, 1.165) is 14.0 Å². The van der Waals surface area contributed by atoms with Crippen LogP contribution in [0.15, 0.2) is 14.5 Å². The van der Waals surface area contributed by atoms with E-state index in [2.05, 4.69) is 62.8 Å². The van der Waals surface area contributed by atoms with Crippen molar-refractivity contribution in [2.75, 3.05) is 0 Å². The van der Waals surface area contributed by atoms with E-state index >= 15 is 0 Å². The summed E-state index contributed by atoms with van der Waals surface area (Å²) >= 11 is 8.82. The van der Waals surface area contributed by atoms with Crippen molar-refractivity contribution in [3.8, 4) is 10.6 Å². The summed E-state index contributed by atoms with van der Waals surface area (Å²) in [5.74, 6) is 0. The smallest absolute Gasteiger partial charge is 0.147 e. The van der Waals surface area contributed by atoms with Crippen molar-refractivity contribution >= 4 is 43.2 Å². The molecule has 16 heavy (non-hydrogen) atoms. The summed E-state index contributed by atoms with van der Waals surface area (Å²) in [5.41, 5.74) is 6.59. The molecule has 0 N–H and O–H groups in total. The van der Waals surface area contributed by atoms with Crippen LogP contribution >= 0.6 is 43.2 Å². The summed E-state index contributed by atoms with van der Waals surface area (Å²) in [6, 6.07) is 0. The molecule has 0 spiro atoms. The maximum Gasteiger partial charge on any atom is 0.148 e. The van der Waals surface area contributed by atoms with Gasteiger partial charge in [-0.2, -0.15) is 0 Å². The van der Waals surface area contributed by atoms with Crippen LogP contribution in [-0.2, 0) is 0 Å². The average Bonchev–Trinajstić information content (AvgIpc) is 2.77. The van der Waals surface area contributed by atoms with Crippen molar-refractivity contribution < 1.29 is 0 Å². The van der Waals surface area contributed by atoms with E-state index in [-0.39, 0.29) is 0 Å². The van der Waals surface area contributed by atoms with Crippen LogP contribution in [0.3, 0.4) is 0 Å². The van der Waals surface area contributed by atoms with Crippen LogP contribution < -0.4 is 0 Å². The first-order chi connectivity index (χ1) is 7.54. The van der Waals surface area contributed by atoms with Crippen molar-refractivity contribution in [3.63, 3.8) is 0 Å². The summed E-state index contributed by atoms with van der Waals surface area (Å²) in [7, 11) is 0. The van der Waals surface area contributed by atoms with Crippen molar-refractivity contribution in [2.45, 2.75) is 20.8 Å². The standard InChI is InChI=1S/C11H10Br2N2S/c1-5-8(11-15-14-4-16-11)6(2)10(13)7(3)9(5)12/h4H,1-3H3. The van der Waals surface area contributed by atoms with Crippen molar-refractivity contribution in [2.24, 2.45) is 0 Å². The highest BCUT2D eigenvalue weighted by molar-refractivity contribution is 9.11. The van der Waals surface area contributed by atoms with Gasteiger partial charge in [-0.05, 0) is 37.5 Å².